The zero-order chi connectivity index (χ0) is 26.8. The quantitative estimate of drug-likeness (QED) is 0.345. The summed E-state index contributed by atoms with van der Waals surface area (Å²) in [5.41, 5.74) is 0.110. The first kappa shape index (κ1) is 25.0. The van der Waals surface area contributed by atoms with Crippen LogP contribution in [0.2, 0.25) is 0 Å². The number of aromatic nitrogens is 2. The number of oxazole rings is 1. The lowest BCUT2D eigenvalue weighted by atomic mass is 9.74. The molecule has 0 bridgehead atoms. The predicted molar refractivity (Wildman–Crippen MR) is 134 cm³/mol. The van der Waals surface area contributed by atoms with Gasteiger partial charge in [0.15, 0.2) is 5.69 Å². The average Bonchev–Trinajstić information content (AvgIpc) is 3.41. The minimum absolute atomic E-state index is 0.212. The molecule has 1 N–H and O–H groups in total. The summed E-state index contributed by atoms with van der Waals surface area (Å²) in [6, 6.07) is 23.5. The van der Waals surface area contributed by atoms with Crippen LogP contribution in [0.1, 0.15) is 34.7 Å². The van der Waals surface area contributed by atoms with E-state index in [-0.39, 0.29) is 11.6 Å². The summed E-state index contributed by atoms with van der Waals surface area (Å²) in [6.07, 6.45) is -2.27. The SMILES string of the molecule is N#CC1(c2ccccc2)CCN(c2ccc(NC(=O)c3nc(-c4ccccc4)oc3C(F)(F)F)cn2)CC1. The van der Waals surface area contributed by atoms with Crippen molar-refractivity contribution in [2.24, 2.45) is 0 Å². The Morgan fingerprint density at radius 1 is 1.00 bits per heavy atom. The molecule has 0 radical (unpaired) electrons. The van der Waals surface area contributed by atoms with Gasteiger partial charge in [-0.05, 0) is 42.7 Å². The van der Waals surface area contributed by atoms with Gasteiger partial charge in [0.25, 0.3) is 5.91 Å². The van der Waals surface area contributed by atoms with Gasteiger partial charge in [-0.25, -0.2) is 9.97 Å². The van der Waals surface area contributed by atoms with Gasteiger partial charge in [0.1, 0.15) is 5.82 Å². The first-order valence-corrected chi connectivity index (χ1v) is 11.9. The second-order valence-electron chi connectivity index (χ2n) is 8.97. The molecule has 38 heavy (non-hydrogen) atoms. The van der Waals surface area contributed by atoms with Crippen LogP contribution in [0.15, 0.2) is 83.4 Å². The Morgan fingerprint density at radius 2 is 1.66 bits per heavy atom. The van der Waals surface area contributed by atoms with Gasteiger partial charge in [0.2, 0.25) is 11.7 Å². The number of benzene rings is 2. The largest absolute Gasteiger partial charge is 0.452 e. The molecule has 5 rings (SSSR count). The number of amides is 1. The fourth-order valence-corrected chi connectivity index (χ4v) is 4.55. The molecule has 0 unspecified atom stereocenters. The highest BCUT2D eigenvalue weighted by molar-refractivity contribution is 6.04. The number of anilines is 2. The summed E-state index contributed by atoms with van der Waals surface area (Å²) in [5, 5.41) is 12.3. The highest BCUT2D eigenvalue weighted by atomic mass is 19.4. The van der Waals surface area contributed by atoms with Crippen molar-refractivity contribution in [3.05, 3.63) is 96.0 Å². The number of rotatable bonds is 5. The average molecular weight is 518 g/mol. The summed E-state index contributed by atoms with van der Waals surface area (Å²) in [7, 11) is 0. The van der Waals surface area contributed by atoms with Crippen LogP contribution in [0, 0.1) is 11.3 Å². The Labute approximate surface area is 216 Å². The molecular weight excluding hydrogens is 495 g/mol. The minimum atomic E-state index is -4.90. The monoisotopic (exact) mass is 517 g/mol. The van der Waals surface area contributed by atoms with Crippen LogP contribution < -0.4 is 10.2 Å². The number of alkyl halides is 3. The fraction of sp³-hybridized carbons (Fsp3) is 0.214. The van der Waals surface area contributed by atoms with Crippen LogP contribution in [0.4, 0.5) is 24.7 Å². The van der Waals surface area contributed by atoms with Crippen molar-refractivity contribution in [1.82, 2.24) is 9.97 Å². The fourth-order valence-electron chi connectivity index (χ4n) is 4.55. The van der Waals surface area contributed by atoms with E-state index < -0.39 is 29.0 Å². The van der Waals surface area contributed by atoms with Gasteiger partial charge < -0.3 is 14.6 Å². The molecule has 0 atom stereocenters. The Bertz CT molecular complexity index is 1450. The maximum Gasteiger partial charge on any atom is 0.452 e. The molecule has 1 amide bonds. The number of hydrogen-bond donors (Lipinski definition) is 1. The Hall–Kier alpha value is -4.65. The van der Waals surface area contributed by atoms with Crippen LogP contribution in [0.3, 0.4) is 0 Å². The number of pyridine rings is 1. The third kappa shape index (κ3) is 4.95. The summed E-state index contributed by atoms with van der Waals surface area (Å²) in [6.45, 7) is 1.22. The molecule has 4 aromatic rings. The van der Waals surface area contributed by atoms with E-state index >= 15 is 0 Å². The van der Waals surface area contributed by atoms with Gasteiger partial charge >= 0.3 is 6.18 Å². The number of carbonyl (C=O) groups excluding carboxylic acids is 1. The van der Waals surface area contributed by atoms with Crippen molar-refractivity contribution >= 4 is 17.4 Å². The number of halogens is 3. The molecule has 3 heterocycles. The topological polar surface area (TPSA) is 95.1 Å². The lowest BCUT2D eigenvalue weighted by Crippen LogP contribution is -2.42. The summed E-state index contributed by atoms with van der Waals surface area (Å²) in [5.74, 6) is -2.18. The van der Waals surface area contributed by atoms with Crippen LogP contribution in [0.5, 0.6) is 0 Å². The van der Waals surface area contributed by atoms with Crippen LogP contribution in [0.25, 0.3) is 11.5 Å². The standard InChI is InChI=1S/C28H22F3N5O2/c29-28(30,31)24-23(35-26(38-24)19-7-3-1-4-8-19)25(37)34-21-11-12-22(33-17-21)36-15-13-27(18-32,14-16-36)20-9-5-2-6-10-20/h1-12,17H,13-16H2,(H,34,37). The smallest absolute Gasteiger partial charge is 0.431 e. The molecule has 1 fully saturated rings. The van der Waals surface area contributed by atoms with E-state index in [1.165, 1.54) is 18.3 Å². The molecule has 7 nitrogen and oxygen atoms in total. The van der Waals surface area contributed by atoms with E-state index in [0.717, 1.165) is 5.56 Å². The van der Waals surface area contributed by atoms with Gasteiger partial charge in [-0.3, -0.25) is 4.79 Å². The normalized spacial score (nSPS) is 15.1. The molecule has 2 aromatic heterocycles. The maximum absolute atomic E-state index is 13.6. The number of nitriles is 1. The molecule has 2 aromatic carbocycles. The predicted octanol–water partition coefficient (Wildman–Crippen LogP) is 6.07. The van der Waals surface area contributed by atoms with Crippen molar-refractivity contribution < 1.29 is 22.4 Å². The number of piperidine rings is 1. The highest BCUT2D eigenvalue weighted by Gasteiger charge is 2.42. The third-order valence-electron chi connectivity index (χ3n) is 6.61. The second kappa shape index (κ2) is 10.0. The van der Waals surface area contributed by atoms with Gasteiger partial charge in [0.05, 0.1) is 23.4 Å². The van der Waals surface area contributed by atoms with Crippen molar-refractivity contribution in [2.75, 3.05) is 23.3 Å². The molecule has 0 aliphatic carbocycles. The molecule has 192 valence electrons. The summed E-state index contributed by atoms with van der Waals surface area (Å²) in [4.78, 5) is 23.0. The molecule has 0 spiro atoms. The number of carbonyl (C=O) groups is 1. The van der Waals surface area contributed by atoms with E-state index in [1.54, 1.807) is 30.3 Å². The van der Waals surface area contributed by atoms with Crippen LogP contribution in [-0.2, 0) is 11.6 Å². The summed E-state index contributed by atoms with van der Waals surface area (Å²) >= 11 is 0. The molecule has 1 saturated heterocycles. The van der Waals surface area contributed by atoms with E-state index in [0.29, 0.717) is 37.3 Å². The first-order chi connectivity index (χ1) is 18.3. The Balaban J connectivity index is 1.29. The van der Waals surface area contributed by atoms with Crippen molar-refractivity contribution in [3.63, 3.8) is 0 Å². The Kier molecular flexibility index (Phi) is 6.59. The third-order valence-corrected chi connectivity index (χ3v) is 6.61. The number of nitrogens with one attached hydrogen (secondary N) is 1. The lowest BCUT2D eigenvalue weighted by Gasteiger charge is -2.38. The molecule has 1 aliphatic rings. The van der Waals surface area contributed by atoms with Crippen LogP contribution >= 0.6 is 0 Å². The van der Waals surface area contributed by atoms with E-state index in [9.17, 15) is 23.2 Å². The first-order valence-electron chi connectivity index (χ1n) is 11.9. The minimum Gasteiger partial charge on any atom is -0.431 e. The molecule has 10 heteroatoms. The van der Waals surface area contributed by atoms with E-state index in [2.05, 4.69) is 21.4 Å². The Morgan fingerprint density at radius 3 is 2.24 bits per heavy atom. The van der Waals surface area contributed by atoms with Crippen molar-refractivity contribution in [1.29, 1.82) is 5.26 Å². The number of nitrogens with zero attached hydrogens (tertiary/aromatic N) is 4. The molecule has 1 aliphatic heterocycles. The van der Waals surface area contributed by atoms with Gasteiger partial charge in [-0.2, -0.15) is 18.4 Å². The molecular formula is C28H22F3N5O2. The van der Waals surface area contributed by atoms with E-state index in [4.69, 9.17) is 4.42 Å². The summed E-state index contributed by atoms with van der Waals surface area (Å²) < 4.78 is 45.7. The molecule has 0 saturated carbocycles. The highest BCUT2D eigenvalue weighted by Crippen LogP contribution is 2.37. The zero-order valence-corrected chi connectivity index (χ0v) is 20.1. The van der Waals surface area contributed by atoms with Gasteiger partial charge in [0, 0.05) is 18.7 Å². The van der Waals surface area contributed by atoms with Gasteiger partial charge in [-0.15, -0.1) is 0 Å². The van der Waals surface area contributed by atoms with Crippen molar-refractivity contribution in [2.45, 2.75) is 24.4 Å². The van der Waals surface area contributed by atoms with Crippen molar-refractivity contribution in [3.8, 4) is 17.5 Å². The zero-order valence-electron chi connectivity index (χ0n) is 20.1. The van der Waals surface area contributed by atoms with Gasteiger partial charge in [-0.1, -0.05) is 48.5 Å². The van der Waals surface area contributed by atoms with E-state index in [1.807, 2.05) is 35.2 Å². The van der Waals surface area contributed by atoms with Crippen LogP contribution in [-0.4, -0.2) is 29.0 Å². The number of hydrogen-bond acceptors (Lipinski definition) is 6. The second-order valence-corrected chi connectivity index (χ2v) is 8.97. The lowest BCUT2D eigenvalue weighted by molar-refractivity contribution is -0.153. The maximum atomic E-state index is 13.6.